The van der Waals surface area contributed by atoms with Crippen molar-refractivity contribution in [1.82, 2.24) is 5.32 Å². The molecule has 0 aliphatic carbocycles. The van der Waals surface area contributed by atoms with Crippen molar-refractivity contribution in [2.75, 3.05) is 33.6 Å². The molecule has 0 saturated heterocycles. The molecule has 0 unspecified atom stereocenters. The third-order valence-electron chi connectivity index (χ3n) is 2.54. The van der Waals surface area contributed by atoms with Crippen LogP contribution in [-0.4, -0.2) is 39.3 Å². The van der Waals surface area contributed by atoms with E-state index in [0.29, 0.717) is 23.6 Å². The van der Waals surface area contributed by atoms with E-state index in [9.17, 15) is 4.79 Å². The highest BCUT2D eigenvalue weighted by Gasteiger charge is 2.16. The second kappa shape index (κ2) is 7.28. The van der Waals surface area contributed by atoms with E-state index in [2.05, 4.69) is 5.32 Å². The van der Waals surface area contributed by atoms with Gasteiger partial charge in [-0.3, -0.25) is 4.79 Å². The van der Waals surface area contributed by atoms with Crippen LogP contribution < -0.4 is 14.8 Å². The van der Waals surface area contributed by atoms with Crippen molar-refractivity contribution in [1.29, 1.82) is 0 Å². The summed E-state index contributed by atoms with van der Waals surface area (Å²) in [6, 6.07) is 3.58. The van der Waals surface area contributed by atoms with Crippen LogP contribution in [0.3, 0.4) is 0 Å². The number of hydrogen-bond donors (Lipinski definition) is 1. The summed E-state index contributed by atoms with van der Waals surface area (Å²) >= 11 is 1.56. The Balaban J connectivity index is 3.12. The monoisotopic (exact) mass is 269 g/mol. The third-order valence-corrected chi connectivity index (χ3v) is 3.30. The summed E-state index contributed by atoms with van der Waals surface area (Å²) in [5.41, 5.74) is 0.549. The van der Waals surface area contributed by atoms with Gasteiger partial charge in [0.05, 0.1) is 31.2 Å². The Labute approximate surface area is 112 Å². The first-order valence-corrected chi connectivity index (χ1v) is 6.94. The van der Waals surface area contributed by atoms with Crippen LogP contribution in [0.15, 0.2) is 17.0 Å². The molecule has 0 fully saturated rings. The molecule has 1 rings (SSSR count). The van der Waals surface area contributed by atoms with Gasteiger partial charge in [0, 0.05) is 0 Å². The van der Waals surface area contributed by atoms with Crippen LogP contribution in [-0.2, 0) is 0 Å². The van der Waals surface area contributed by atoms with Crippen molar-refractivity contribution in [3.8, 4) is 11.5 Å². The summed E-state index contributed by atoms with van der Waals surface area (Å²) in [6.45, 7) is 3.02. The number of nitrogens with one attached hydrogen (secondary N) is 1. The lowest BCUT2D eigenvalue weighted by molar-refractivity contribution is 0.0988. The van der Waals surface area contributed by atoms with Gasteiger partial charge in [-0.25, -0.2) is 0 Å². The molecule has 1 N–H and O–H groups in total. The van der Waals surface area contributed by atoms with Crippen LogP contribution in [0.4, 0.5) is 0 Å². The lowest BCUT2D eigenvalue weighted by Gasteiger charge is -2.13. The quantitative estimate of drug-likeness (QED) is 0.607. The van der Waals surface area contributed by atoms with Gasteiger partial charge in [0.25, 0.3) is 0 Å². The maximum absolute atomic E-state index is 12.0. The van der Waals surface area contributed by atoms with E-state index in [1.165, 1.54) is 0 Å². The lowest BCUT2D eigenvalue weighted by Crippen LogP contribution is -2.23. The Morgan fingerprint density at radius 1 is 1.28 bits per heavy atom. The van der Waals surface area contributed by atoms with E-state index in [4.69, 9.17) is 9.47 Å². The molecule has 0 radical (unpaired) electrons. The zero-order valence-corrected chi connectivity index (χ0v) is 12.0. The Kier molecular flexibility index (Phi) is 6.01. The number of carbonyl (C=O) groups excluding carboxylic acids is 1. The van der Waals surface area contributed by atoms with Gasteiger partial charge in [-0.15, -0.1) is 11.8 Å². The fourth-order valence-electron chi connectivity index (χ4n) is 1.58. The van der Waals surface area contributed by atoms with Crippen LogP contribution >= 0.6 is 11.8 Å². The van der Waals surface area contributed by atoms with Crippen LogP contribution in [0, 0.1) is 0 Å². The standard InChI is InChI=1S/C13H19NO3S/c1-5-14-8-10(15)9-6-12(17-3)13(18-4)7-11(9)16-2/h6-7,14H,5,8H2,1-4H3. The SMILES string of the molecule is CCNCC(=O)c1cc(OC)c(SC)cc1OC. The molecule has 18 heavy (non-hydrogen) atoms. The molecular weight excluding hydrogens is 250 g/mol. The fraction of sp³-hybridized carbons (Fsp3) is 0.462. The van der Waals surface area contributed by atoms with Crippen molar-refractivity contribution in [2.45, 2.75) is 11.8 Å². The first kappa shape index (κ1) is 14.9. The highest BCUT2D eigenvalue weighted by Crippen LogP contribution is 2.34. The third kappa shape index (κ3) is 3.40. The van der Waals surface area contributed by atoms with Gasteiger partial charge in [-0.2, -0.15) is 0 Å². The summed E-state index contributed by atoms with van der Waals surface area (Å²) in [5, 5.41) is 3.01. The number of benzene rings is 1. The molecule has 0 saturated carbocycles. The summed E-state index contributed by atoms with van der Waals surface area (Å²) in [6.07, 6.45) is 1.96. The number of carbonyl (C=O) groups is 1. The molecule has 4 nitrogen and oxygen atoms in total. The zero-order valence-electron chi connectivity index (χ0n) is 11.2. The minimum Gasteiger partial charge on any atom is -0.496 e. The molecule has 0 atom stereocenters. The van der Waals surface area contributed by atoms with E-state index in [-0.39, 0.29) is 5.78 Å². The van der Waals surface area contributed by atoms with Gasteiger partial charge >= 0.3 is 0 Å². The van der Waals surface area contributed by atoms with Gasteiger partial charge < -0.3 is 14.8 Å². The van der Waals surface area contributed by atoms with E-state index in [1.54, 1.807) is 32.0 Å². The Morgan fingerprint density at radius 2 is 1.94 bits per heavy atom. The zero-order chi connectivity index (χ0) is 13.5. The molecule has 0 bridgehead atoms. The molecule has 5 heteroatoms. The summed E-state index contributed by atoms with van der Waals surface area (Å²) in [4.78, 5) is 13.0. The van der Waals surface area contributed by atoms with Crippen molar-refractivity contribution in [2.24, 2.45) is 0 Å². The maximum Gasteiger partial charge on any atom is 0.180 e. The first-order chi connectivity index (χ1) is 8.67. The molecule has 1 aromatic carbocycles. The molecule has 0 aromatic heterocycles. The average molecular weight is 269 g/mol. The molecule has 100 valence electrons. The molecule has 0 heterocycles. The number of hydrogen-bond acceptors (Lipinski definition) is 5. The molecule has 0 aliphatic rings. The van der Waals surface area contributed by atoms with Crippen molar-refractivity contribution in [3.05, 3.63) is 17.7 Å². The van der Waals surface area contributed by atoms with E-state index in [0.717, 1.165) is 11.4 Å². The van der Waals surface area contributed by atoms with E-state index in [1.807, 2.05) is 19.2 Å². The van der Waals surface area contributed by atoms with Crippen LogP contribution in [0.25, 0.3) is 0 Å². The summed E-state index contributed by atoms with van der Waals surface area (Å²) in [5.74, 6) is 1.28. The summed E-state index contributed by atoms with van der Waals surface area (Å²) in [7, 11) is 3.16. The number of Topliss-reactive ketones (excluding diaryl/α,β-unsaturated/α-hetero) is 1. The first-order valence-electron chi connectivity index (χ1n) is 5.71. The molecule has 1 aromatic rings. The predicted molar refractivity (Wildman–Crippen MR) is 74.2 cm³/mol. The number of likely N-dealkylation sites (N-methyl/N-ethyl adjacent to an activating group) is 1. The number of rotatable bonds is 7. The minimum atomic E-state index is -0.000321. The van der Waals surface area contributed by atoms with E-state index < -0.39 is 0 Å². The number of ether oxygens (including phenoxy) is 2. The van der Waals surface area contributed by atoms with Crippen LogP contribution in [0.1, 0.15) is 17.3 Å². The normalized spacial score (nSPS) is 10.2. The fourth-order valence-corrected chi connectivity index (χ4v) is 2.15. The molecule has 0 amide bonds. The van der Waals surface area contributed by atoms with Crippen LogP contribution in [0.5, 0.6) is 11.5 Å². The van der Waals surface area contributed by atoms with Gasteiger partial charge in [0.15, 0.2) is 5.78 Å². The number of methoxy groups -OCH3 is 2. The Bertz CT molecular complexity index is 421. The van der Waals surface area contributed by atoms with Crippen molar-refractivity contribution >= 4 is 17.5 Å². The van der Waals surface area contributed by atoms with Crippen LogP contribution in [0.2, 0.25) is 0 Å². The highest BCUT2D eigenvalue weighted by molar-refractivity contribution is 7.98. The molecule has 0 spiro atoms. The minimum absolute atomic E-state index is 0.000321. The average Bonchev–Trinajstić information content (AvgIpc) is 2.42. The number of thioether (sulfide) groups is 1. The largest absolute Gasteiger partial charge is 0.496 e. The number of ketones is 1. The summed E-state index contributed by atoms with van der Waals surface area (Å²) < 4.78 is 10.6. The van der Waals surface area contributed by atoms with E-state index >= 15 is 0 Å². The second-order valence-corrected chi connectivity index (χ2v) is 4.46. The topological polar surface area (TPSA) is 47.6 Å². The van der Waals surface area contributed by atoms with Gasteiger partial charge in [-0.1, -0.05) is 6.92 Å². The van der Waals surface area contributed by atoms with Gasteiger partial charge in [-0.05, 0) is 24.9 Å². The van der Waals surface area contributed by atoms with Gasteiger partial charge in [0.2, 0.25) is 0 Å². The van der Waals surface area contributed by atoms with Crippen molar-refractivity contribution < 1.29 is 14.3 Å². The predicted octanol–water partition coefficient (Wildman–Crippen LogP) is 2.22. The smallest absolute Gasteiger partial charge is 0.180 e. The molecular formula is C13H19NO3S. The Morgan fingerprint density at radius 3 is 2.44 bits per heavy atom. The van der Waals surface area contributed by atoms with Crippen molar-refractivity contribution in [3.63, 3.8) is 0 Å². The highest BCUT2D eigenvalue weighted by atomic mass is 32.2. The Hall–Kier alpha value is -1.20. The maximum atomic E-state index is 12.0. The molecule has 0 aliphatic heterocycles. The van der Waals surface area contributed by atoms with Gasteiger partial charge in [0.1, 0.15) is 11.5 Å². The second-order valence-electron chi connectivity index (χ2n) is 3.61. The lowest BCUT2D eigenvalue weighted by atomic mass is 10.1.